The number of aryl methyl sites for hydroxylation is 2. The van der Waals surface area contributed by atoms with Crippen LogP contribution in [0.3, 0.4) is 0 Å². The molecule has 7 heteroatoms. The van der Waals surface area contributed by atoms with Crippen molar-refractivity contribution in [3.63, 3.8) is 0 Å². The number of ether oxygens (including phenoxy) is 1. The monoisotopic (exact) mass is 312 g/mol. The number of aromatic carboxylic acids is 1. The number of carbonyl (C=O) groups is 2. The summed E-state index contributed by atoms with van der Waals surface area (Å²) < 4.78 is 4.94. The fraction of sp³-hybridized carbons (Fsp3) is 0.500. The Morgan fingerprint density at radius 3 is 2.71 bits per heavy atom. The van der Waals surface area contributed by atoms with Crippen LogP contribution in [-0.4, -0.2) is 47.5 Å². The van der Waals surface area contributed by atoms with Gasteiger partial charge in [0.25, 0.3) is 0 Å². The number of carbonyl (C=O) groups excluding carboxylic acids is 1. The number of amides is 1. The van der Waals surface area contributed by atoms with Crippen LogP contribution in [-0.2, 0) is 9.53 Å². The number of thioether (sulfide) groups is 1. The van der Waals surface area contributed by atoms with Gasteiger partial charge >= 0.3 is 5.97 Å². The van der Waals surface area contributed by atoms with Gasteiger partial charge in [0.15, 0.2) is 0 Å². The molecular formula is C14H20N2O4S. The number of pyridine rings is 1. The summed E-state index contributed by atoms with van der Waals surface area (Å²) in [7, 11) is 1.57. The first kappa shape index (κ1) is 17.5. The molecule has 0 saturated carbocycles. The van der Waals surface area contributed by atoms with Gasteiger partial charge in [-0.05, 0) is 32.4 Å². The van der Waals surface area contributed by atoms with Gasteiger partial charge in [0.2, 0.25) is 5.91 Å². The van der Waals surface area contributed by atoms with Crippen LogP contribution in [0.15, 0.2) is 11.1 Å². The van der Waals surface area contributed by atoms with Crippen molar-refractivity contribution >= 4 is 23.6 Å². The molecule has 116 valence electrons. The molecule has 0 bridgehead atoms. The minimum Gasteiger partial charge on any atom is -0.478 e. The predicted molar refractivity (Wildman–Crippen MR) is 80.9 cm³/mol. The maximum atomic E-state index is 11.8. The Morgan fingerprint density at radius 1 is 1.48 bits per heavy atom. The quantitative estimate of drug-likeness (QED) is 0.744. The van der Waals surface area contributed by atoms with E-state index in [9.17, 15) is 14.7 Å². The molecule has 1 heterocycles. The number of carboxylic acid groups (broad SMARTS) is 1. The number of hydrogen-bond donors (Lipinski definition) is 2. The number of methoxy groups -OCH3 is 1. The van der Waals surface area contributed by atoms with Crippen molar-refractivity contribution in [1.29, 1.82) is 0 Å². The summed E-state index contributed by atoms with van der Waals surface area (Å²) in [6.45, 7) is 5.79. The lowest BCUT2D eigenvalue weighted by Gasteiger charge is -2.13. The lowest BCUT2D eigenvalue weighted by atomic mass is 10.1. The molecule has 1 rings (SSSR count). The van der Waals surface area contributed by atoms with Crippen molar-refractivity contribution in [2.45, 2.75) is 31.8 Å². The van der Waals surface area contributed by atoms with E-state index >= 15 is 0 Å². The van der Waals surface area contributed by atoms with E-state index in [1.165, 1.54) is 0 Å². The van der Waals surface area contributed by atoms with Crippen LogP contribution in [0.2, 0.25) is 0 Å². The molecule has 2 N–H and O–H groups in total. The van der Waals surface area contributed by atoms with Gasteiger partial charge in [-0.3, -0.25) is 4.79 Å². The second kappa shape index (κ2) is 7.99. The average molecular weight is 312 g/mol. The lowest BCUT2D eigenvalue weighted by Crippen LogP contribution is -2.36. The maximum absolute atomic E-state index is 11.8. The number of nitrogens with zero attached hydrogens (tertiary/aromatic N) is 1. The number of rotatable bonds is 7. The standard InChI is InChI=1S/C14H20N2O4S/c1-8-5-9(2)16-13(12(8)14(18)19)21-7-11(17)15-10(3)6-20-4/h5,10H,6-7H2,1-4H3,(H,15,17)(H,18,19). The molecule has 0 aliphatic heterocycles. The SMILES string of the molecule is COCC(C)NC(=O)CSc1nc(C)cc(C)c1C(=O)O. The predicted octanol–water partition coefficient (Wildman–Crippen LogP) is 1.64. The molecule has 0 aliphatic rings. The van der Waals surface area contributed by atoms with Gasteiger partial charge in [0, 0.05) is 18.8 Å². The Kier molecular flexibility index (Phi) is 6.64. The Bertz CT molecular complexity index is 534. The molecule has 0 spiro atoms. The molecule has 1 aromatic rings. The highest BCUT2D eigenvalue weighted by molar-refractivity contribution is 8.00. The first-order chi connectivity index (χ1) is 9.85. The second-order valence-electron chi connectivity index (χ2n) is 4.78. The van der Waals surface area contributed by atoms with E-state index in [1.807, 2.05) is 6.92 Å². The van der Waals surface area contributed by atoms with Gasteiger partial charge < -0.3 is 15.2 Å². The van der Waals surface area contributed by atoms with E-state index < -0.39 is 5.97 Å². The molecule has 1 unspecified atom stereocenters. The summed E-state index contributed by atoms with van der Waals surface area (Å²) in [4.78, 5) is 27.3. The molecule has 0 radical (unpaired) electrons. The van der Waals surface area contributed by atoms with Crippen LogP contribution < -0.4 is 5.32 Å². The highest BCUT2D eigenvalue weighted by Crippen LogP contribution is 2.24. The number of carboxylic acids is 1. The zero-order valence-electron chi connectivity index (χ0n) is 12.6. The molecule has 0 aromatic carbocycles. The van der Waals surface area contributed by atoms with Crippen molar-refractivity contribution in [3.8, 4) is 0 Å². The maximum Gasteiger partial charge on any atom is 0.338 e. The van der Waals surface area contributed by atoms with E-state index in [0.29, 0.717) is 17.2 Å². The molecular weight excluding hydrogens is 292 g/mol. The molecule has 6 nitrogen and oxygen atoms in total. The smallest absolute Gasteiger partial charge is 0.338 e. The summed E-state index contributed by atoms with van der Waals surface area (Å²) in [6.07, 6.45) is 0. The molecule has 0 fully saturated rings. The molecule has 1 aromatic heterocycles. The van der Waals surface area contributed by atoms with E-state index in [1.54, 1.807) is 27.0 Å². The Hall–Kier alpha value is -1.60. The number of hydrogen-bond acceptors (Lipinski definition) is 5. The molecule has 1 amide bonds. The minimum absolute atomic E-state index is 0.0887. The third kappa shape index (κ3) is 5.35. The number of nitrogens with one attached hydrogen (secondary N) is 1. The summed E-state index contributed by atoms with van der Waals surface area (Å²) >= 11 is 1.13. The van der Waals surface area contributed by atoms with Gasteiger partial charge in [-0.25, -0.2) is 9.78 Å². The third-order valence-corrected chi connectivity index (χ3v) is 3.66. The highest BCUT2D eigenvalue weighted by Gasteiger charge is 2.17. The van der Waals surface area contributed by atoms with Crippen molar-refractivity contribution in [2.75, 3.05) is 19.5 Å². The molecule has 1 atom stereocenters. The number of aromatic nitrogens is 1. The Labute approximate surface area is 128 Å². The first-order valence-electron chi connectivity index (χ1n) is 6.47. The fourth-order valence-electron chi connectivity index (χ4n) is 1.91. The lowest BCUT2D eigenvalue weighted by molar-refractivity contribution is -0.119. The zero-order valence-corrected chi connectivity index (χ0v) is 13.4. The van der Waals surface area contributed by atoms with Gasteiger partial charge in [-0.1, -0.05) is 11.8 Å². The summed E-state index contributed by atoms with van der Waals surface area (Å²) in [5, 5.41) is 12.4. The van der Waals surface area contributed by atoms with E-state index in [0.717, 1.165) is 17.5 Å². The van der Waals surface area contributed by atoms with E-state index in [-0.39, 0.29) is 23.3 Å². The summed E-state index contributed by atoms with van der Waals surface area (Å²) in [5.74, 6) is -1.10. The topological polar surface area (TPSA) is 88.5 Å². The van der Waals surface area contributed by atoms with Gasteiger partial charge in [-0.2, -0.15) is 0 Å². The summed E-state index contributed by atoms with van der Waals surface area (Å²) in [5.41, 5.74) is 1.53. The van der Waals surface area contributed by atoms with E-state index in [2.05, 4.69) is 10.3 Å². The largest absolute Gasteiger partial charge is 0.478 e. The van der Waals surface area contributed by atoms with Crippen molar-refractivity contribution < 1.29 is 19.4 Å². The van der Waals surface area contributed by atoms with Gasteiger partial charge in [0.1, 0.15) is 5.03 Å². The van der Waals surface area contributed by atoms with Crippen LogP contribution in [0.1, 0.15) is 28.5 Å². The Morgan fingerprint density at radius 2 is 2.14 bits per heavy atom. The first-order valence-corrected chi connectivity index (χ1v) is 7.46. The van der Waals surface area contributed by atoms with Crippen LogP contribution >= 0.6 is 11.8 Å². The zero-order chi connectivity index (χ0) is 16.0. The normalized spacial score (nSPS) is 12.0. The molecule has 0 aliphatic carbocycles. The highest BCUT2D eigenvalue weighted by atomic mass is 32.2. The second-order valence-corrected chi connectivity index (χ2v) is 5.74. The van der Waals surface area contributed by atoms with Crippen LogP contribution in [0.5, 0.6) is 0 Å². The van der Waals surface area contributed by atoms with Crippen molar-refractivity contribution in [2.24, 2.45) is 0 Å². The molecule has 0 saturated heterocycles. The Balaban J connectivity index is 2.75. The van der Waals surface area contributed by atoms with E-state index in [4.69, 9.17) is 4.74 Å². The van der Waals surface area contributed by atoms with Gasteiger partial charge in [-0.15, -0.1) is 0 Å². The van der Waals surface area contributed by atoms with Crippen LogP contribution in [0.4, 0.5) is 0 Å². The summed E-state index contributed by atoms with van der Waals surface area (Å²) in [6, 6.07) is 1.63. The van der Waals surface area contributed by atoms with Crippen molar-refractivity contribution in [3.05, 3.63) is 22.9 Å². The minimum atomic E-state index is -1.03. The van der Waals surface area contributed by atoms with Crippen LogP contribution in [0, 0.1) is 13.8 Å². The fourth-order valence-corrected chi connectivity index (χ4v) is 2.86. The molecule has 21 heavy (non-hydrogen) atoms. The van der Waals surface area contributed by atoms with Crippen LogP contribution in [0.25, 0.3) is 0 Å². The van der Waals surface area contributed by atoms with Crippen molar-refractivity contribution in [1.82, 2.24) is 10.3 Å². The van der Waals surface area contributed by atoms with Gasteiger partial charge in [0.05, 0.1) is 17.9 Å². The average Bonchev–Trinajstić information content (AvgIpc) is 2.35. The third-order valence-electron chi connectivity index (χ3n) is 2.69.